The second-order valence-electron chi connectivity index (χ2n) is 6.58. The fourth-order valence-electron chi connectivity index (χ4n) is 3.33. The van der Waals surface area contributed by atoms with Gasteiger partial charge in [-0.15, -0.1) is 0 Å². The second kappa shape index (κ2) is 8.43. The highest BCUT2D eigenvalue weighted by Gasteiger charge is 2.23. The van der Waals surface area contributed by atoms with Gasteiger partial charge in [0.25, 0.3) is 6.43 Å². The maximum absolute atomic E-state index is 14.8. The van der Waals surface area contributed by atoms with E-state index in [0.717, 1.165) is 0 Å². The highest BCUT2D eigenvalue weighted by molar-refractivity contribution is 6.33. The molecule has 0 aliphatic heterocycles. The Balaban J connectivity index is 1.92. The van der Waals surface area contributed by atoms with Crippen molar-refractivity contribution < 1.29 is 17.9 Å². The molecule has 0 amide bonds. The van der Waals surface area contributed by atoms with Gasteiger partial charge in [-0.05, 0) is 31.2 Å². The van der Waals surface area contributed by atoms with E-state index in [1.165, 1.54) is 43.6 Å². The van der Waals surface area contributed by atoms with Crippen molar-refractivity contribution in [2.75, 3.05) is 18.6 Å². The molecule has 4 aromatic rings. The molecule has 1 N–H and O–H groups in total. The van der Waals surface area contributed by atoms with Crippen LogP contribution in [0.25, 0.3) is 22.3 Å². The number of hydrogen-bond donors (Lipinski definition) is 1. The first-order valence-electron chi connectivity index (χ1n) is 9.33. The van der Waals surface area contributed by atoms with Crippen molar-refractivity contribution in [1.82, 2.24) is 20.2 Å². The lowest BCUT2D eigenvalue weighted by atomic mass is 10.1. The van der Waals surface area contributed by atoms with Crippen molar-refractivity contribution in [3.8, 4) is 17.0 Å². The smallest absolute Gasteiger partial charge is 0.263 e. The number of halogens is 4. The van der Waals surface area contributed by atoms with Crippen LogP contribution in [-0.4, -0.2) is 33.8 Å². The van der Waals surface area contributed by atoms with E-state index in [2.05, 4.69) is 20.2 Å². The first-order chi connectivity index (χ1) is 14.9. The summed E-state index contributed by atoms with van der Waals surface area (Å²) in [6.07, 6.45) is -1.15. The molecular formula is C21H17ClF3N5O. The fraction of sp³-hybridized carbons (Fsp3) is 0.190. The minimum Gasteiger partial charge on any atom is -0.496 e. The van der Waals surface area contributed by atoms with Gasteiger partial charge in [0.05, 0.1) is 29.6 Å². The van der Waals surface area contributed by atoms with Crippen molar-refractivity contribution in [1.29, 1.82) is 0 Å². The number of aromatic nitrogens is 4. The highest BCUT2D eigenvalue weighted by Crippen LogP contribution is 2.38. The van der Waals surface area contributed by atoms with E-state index in [9.17, 15) is 13.2 Å². The maximum atomic E-state index is 14.8. The quantitative estimate of drug-likeness (QED) is 0.397. The molecule has 0 saturated carbocycles. The van der Waals surface area contributed by atoms with E-state index < -0.39 is 12.2 Å². The van der Waals surface area contributed by atoms with Crippen LogP contribution in [-0.2, 0) is 0 Å². The molecule has 0 atom stereocenters. The highest BCUT2D eigenvalue weighted by atomic mass is 35.5. The molecule has 0 spiro atoms. The average molecular weight is 448 g/mol. The molecule has 2 aromatic carbocycles. The Hall–Kier alpha value is -3.33. The number of aromatic amines is 1. The van der Waals surface area contributed by atoms with Crippen LogP contribution in [0.15, 0.2) is 42.6 Å². The number of alkyl halides is 2. The van der Waals surface area contributed by atoms with Crippen molar-refractivity contribution in [2.24, 2.45) is 0 Å². The van der Waals surface area contributed by atoms with Crippen LogP contribution in [0.2, 0.25) is 5.02 Å². The SMILES string of the molecule is CCN(c1nc(-c2c(F)cccc2OC)c2[nH]ncc2n1)c1ccc(C(F)F)cc1Cl. The number of hydrogen-bond acceptors (Lipinski definition) is 5. The minimum absolute atomic E-state index is 0.126. The minimum atomic E-state index is -2.64. The standard InChI is InChI=1S/C21H17ClF3N5O/c1-3-30(15-8-7-11(20(24)25)9-12(15)22)21-27-14-10-26-29-18(14)19(28-21)17-13(23)5-4-6-16(17)31-2/h4-10,20H,3H2,1-2H3,(H,26,29). The van der Waals surface area contributed by atoms with Gasteiger partial charge in [0.15, 0.2) is 0 Å². The summed E-state index contributed by atoms with van der Waals surface area (Å²) in [5.74, 6) is -0.0198. The van der Waals surface area contributed by atoms with E-state index >= 15 is 0 Å². The number of fused-ring (bicyclic) bond motifs is 1. The summed E-state index contributed by atoms with van der Waals surface area (Å²) in [4.78, 5) is 10.7. The molecule has 0 bridgehead atoms. The Morgan fingerprint density at radius 1 is 1.19 bits per heavy atom. The fourth-order valence-corrected chi connectivity index (χ4v) is 3.62. The van der Waals surface area contributed by atoms with Crippen molar-refractivity contribution >= 4 is 34.3 Å². The molecule has 0 aliphatic carbocycles. The molecule has 0 fully saturated rings. The van der Waals surface area contributed by atoms with Gasteiger partial charge >= 0.3 is 0 Å². The third kappa shape index (κ3) is 3.76. The first-order valence-corrected chi connectivity index (χ1v) is 9.71. The van der Waals surface area contributed by atoms with Crippen LogP contribution in [0.5, 0.6) is 5.75 Å². The van der Waals surface area contributed by atoms with Crippen molar-refractivity contribution in [3.05, 3.63) is 59.0 Å². The number of ether oxygens (including phenoxy) is 1. The summed E-state index contributed by atoms with van der Waals surface area (Å²) >= 11 is 6.29. The zero-order valence-corrected chi connectivity index (χ0v) is 17.3. The monoisotopic (exact) mass is 447 g/mol. The lowest BCUT2D eigenvalue weighted by Crippen LogP contribution is -2.19. The summed E-state index contributed by atoms with van der Waals surface area (Å²) in [6.45, 7) is 2.22. The predicted octanol–water partition coefficient (Wildman–Crippen LogP) is 5.92. The van der Waals surface area contributed by atoms with Gasteiger partial charge in [0.2, 0.25) is 5.95 Å². The maximum Gasteiger partial charge on any atom is 0.263 e. The van der Waals surface area contributed by atoms with Crippen LogP contribution >= 0.6 is 11.6 Å². The first kappa shape index (κ1) is 20.9. The van der Waals surface area contributed by atoms with Gasteiger partial charge < -0.3 is 9.64 Å². The zero-order valence-electron chi connectivity index (χ0n) is 16.5. The van der Waals surface area contributed by atoms with Crippen LogP contribution in [0, 0.1) is 5.82 Å². The van der Waals surface area contributed by atoms with E-state index in [1.54, 1.807) is 11.0 Å². The summed E-state index contributed by atoms with van der Waals surface area (Å²) in [7, 11) is 1.44. The van der Waals surface area contributed by atoms with E-state index in [-0.39, 0.29) is 27.8 Å². The molecule has 160 valence electrons. The summed E-state index contributed by atoms with van der Waals surface area (Å²) in [5, 5.41) is 6.92. The predicted molar refractivity (Wildman–Crippen MR) is 113 cm³/mol. The van der Waals surface area contributed by atoms with E-state index in [4.69, 9.17) is 16.3 Å². The number of benzene rings is 2. The largest absolute Gasteiger partial charge is 0.496 e. The molecule has 0 aliphatic rings. The number of nitrogens with one attached hydrogen (secondary N) is 1. The Kier molecular flexibility index (Phi) is 5.69. The molecule has 2 heterocycles. The Morgan fingerprint density at radius 3 is 2.68 bits per heavy atom. The molecule has 4 rings (SSSR count). The van der Waals surface area contributed by atoms with Gasteiger partial charge in [-0.3, -0.25) is 5.10 Å². The van der Waals surface area contributed by atoms with Gasteiger partial charge in [-0.25, -0.2) is 23.1 Å². The zero-order chi connectivity index (χ0) is 22.1. The molecule has 6 nitrogen and oxygen atoms in total. The van der Waals surface area contributed by atoms with Gasteiger partial charge in [0.1, 0.15) is 28.3 Å². The van der Waals surface area contributed by atoms with Crippen LogP contribution < -0.4 is 9.64 Å². The molecule has 2 aromatic heterocycles. The Morgan fingerprint density at radius 2 is 2.00 bits per heavy atom. The van der Waals surface area contributed by atoms with Crippen molar-refractivity contribution in [3.63, 3.8) is 0 Å². The third-order valence-electron chi connectivity index (χ3n) is 4.79. The van der Waals surface area contributed by atoms with Crippen LogP contribution in [0.3, 0.4) is 0 Å². The van der Waals surface area contributed by atoms with Gasteiger partial charge in [0, 0.05) is 12.1 Å². The Labute approximate surface area is 180 Å². The molecule has 31 heavy (non-hydrogen) atoms. The molecule has 10 heteroatoms. The number of rotatable bonds is 6. The summed E-state index contributed by atoms with van der Waals surface area (Å²) in [6, 6.07) is 8.46. The number of methoxy groups -OCH3 is 1. The number of H-pyrrole nitrogens is 1. The van der Waals surface area contributed by atoms with Gasteiger partial charge in [-0.2, -0.15) is 5.10 Å². The second-order valence-corrected chi connectivity index (χ2v) is 6.98. The molecule has 0 saturated heterocycles. The Bertz CT molecular complexity index is 1250. The number of nitrogens with zero attached hydrogens (tertiary/aromatic N) is 4. The summed E-state index contributed by atoms with van der Waals surface area (Å²) < 4.78 is 46.2. The molecule has 0 radical (unpaired) electrons. The van der Waals surface area contributed by atoms with Crippen LogP contribution in [0.4, 0.5) is 24.8 Å². The lowest BCUT2D eigenvalue weighted by Gasteiger charge is -2.23. The van der Waals surface area contributed by atoms with E-state index in [1.807, 2.05) is 6.92 Å². The van der Waals surface area contributed by atoms with E-state index in [0.29, 0.717) is 29.0 Å². The topological polar surface area (TPSA) is 66.9 Å². The van der Waals surface area contributed by atoms with Gasteiger partial charge in [-0.1, -0.05) is 23.7 Å². The summed E-state index contributed by atoms with van der Waals surface area (Å²) in [5.41, 5.74) is 1.55. The average Bonchev–Trinajstić information content (AvgIpc) is 3.23. The molecule has 0 unspecified atom stereocenters. The number of anilines is 2. The van der Waals surface area contributed by atoms with Crippen LogP contribution in [0.1, 0.15) is 18.9 Å². The molecular weight excluding hydrogens is 431 g/mol. The third-order valence-corrected chi connectivity index (χ3v) is 5.10. The lowest BCUT2D eigenvalue weighted by molar-refractivity contribution is 0.151. The van der Waals surface area contributed by atoms with Crippen molar-refractivity contribution in [2.45, 2.75) is 13.3 Å². The normalized spacial score (nSPS) is 11.3.